The molecule has 1 aliphatic carbocycles. The zero-order chi connectivity index (χ0) is 28.6. The Morgan fingerprint density at radius 3 is 2.90 bits per heavy atom. The lowest BCUT2D eigenvalue weighted by Gasteiger charge is -2.14. The molecule has 10 heteroatoms. The van der Waals surface area contributed by atoms with E-state index in [2.05, 4.69) is 15.3 Å². The predicted octanol–water partition coefficient (Wildman–Crippen LogP) is 6.55. The minimum absolute atomic E-state index is 0.152. The molecule has 1 atom stereocenters. The van der Waals surface area contributed by atoms with Gasteiger partial charge in [-0.3, -0.25) is 14.6 Å². The average Bonchev–Trinajstić information content (AvgIpc) is 3.55. The molecule has 41 heavy (non-hydrogen) atoms. The minimum Gasteiger partial charge on any atom is -0.493 e. The van der Waals surface area contributed by atoms with Crippen molar-refractivity contribution in [2.24, 2.45) is 5.92 Å². The number of halogens is 1. The fourth-order valence-corrected chi connectivity index (χ4v) is 5.42. The maximum atomic E-state index is 12.8. The maximum Gasteiger partial charge on any atom is 0.279 e. The number of likely N-dealkylation sites (tertiary alicyclic amines) is 1. The van der Waals surface area contributed by atoms with Crippen molar-refractivity contribution in [2.75, 3.05) is 19.7 Å². The lowest BCUT2D eigenvalue weighted by Crippen LogP contribution is -2.31. The Bertz CT molecular complexity index is 1390. The summed E-state index contributed by atoms with van der Waals surface area (Å²) in [5.41, 5.74) is 1.46. The van der Waals surface area contributed by atoms with Crippen LogP contribution in [0, 0.1) is 5.92 Å². The van der Waals surface area contributed by atoms with Crippen molar-refractivity contribution in [3.05, 3.63) is 70.0 Å². The van der Waals surface area contributed by atoms with Gasteiger partial charge in [0.1, 0.15) is 11.5 Å². The lowest BCUT2D eigenvalue weighted by atomic mass is 10.1. The van der Waals surface area contributed by atoms with E-state index in [1.54, 1.807) is 30.6 Å². The summed E-state index contributed by atoms with van der Waals surface area (Å²) in [6, 6.07) is 8.79. The van der Waals surface area contributed by atoms with Crippen LogP contribution in [0.1, 0.15) is 66.4 Å². The number of benzene rings is 1. The molecule has 1 aromatic carbocycles. The highest BCUT2D eigenvalue weighted by Crippen LogP contribution is 2.35. The average molecular weight is 595 g/mol. The second kappa shape index (κ2) is 14.0. The van der Waals surface area contributed by atoms with Gasteiger partial charge in [-0.15, -0.1) is 0 Å². The summed E-state index contributed by atoms with van der Waals surface area (Å²) in [6.07, 6.45) is 14.0. The van der Waals surface area contributed by atoms with E-state index < -0.39 is 0 Å². The second-order valence-corrected chi connectivity index (χ2v) is 12.0. The standard InChI is InChI=1S/C31H35ClN4O4S/c1-21(35-30(38)23-13-14-33-24(17-23)5-2-3-15-36-16-4-6-29(36)37)7-11-26-19-34-31(41-26)40-28-12-10-25(18-27(28)32)39-20-22-8-9-22/h7,10-14,17-19,21-22H,2-6,8-9,15-16,20H2,1H3,(H,35,38)/b11-7+/t21-/m0/s1. The molecular formula is C31H35ClN4O4S. The van der Waals surface area contributed by atoms with Gasteiger partial charge in [0.2, 0.25) is 5.91 Å². The number of thiazole rings is 1. The fraction of sp³-hybridized carbons (Fsp3) is 0.419. The first-order chi connectivity index (χ1) is 19.9. The molecule has 0 unspecified atom stereocenters. The van der Waals surface area contributed by atoms with Crippen LogP contribution in [-0.2, 0) is 11.2 Å². The number of nitrogens with zero attached hydrogens (tertiary/aromatic N) is 3. The van der Waals surface area contributed by atoms with Gasteiger partial charge in [-0.25, -0.2) is 4.98 Å². The van der Waals surface area contributed by atoms with Crippen molar-refractivity contribution in [3.8, 4) is 16.7 Å². The number of aromatic nitrogens is 2. The van der Waals surface area contributed by atoms with E-state index in [0.717, 1.165) is 61.7 Å². The Morgan fingerprint density at radius 1 is 1.24 bits per heavy atom. The Hall–Kier alpha value is -3.43. The second-order valence-electron chi connectivity index (χ2n) is 10.6. The Morgan fingerprint density at radius 2 is 2.12 bits per heavy atom. The molecule has 1 saturated heterocycles. The van der Waals surface area contributed by atoms with E-state index in [9.17, 15) is 9.59 Å². The molecule has 216 valence electrons. The molecule has 2 fully saturated rings. The molecule has 1 aliphatic heterocycles. The SMILES string of the molecule is C[C@@H](/C=C/c1cnc(Oc2ccc(OCC3CC3)cc2Cl)s1)NC(=O)c1ccnc(CCCCN2CCCC2=O)c1. The summed E-state index contributed by atoms with van der Waals surface area (Å²) in [5, 5.41) is 3.96. The molecule has 3 heterocycles. The van der Waals surface area contributed by atoms with Crippen molar-refractivity contribution in [2.45, 2.75) is 57.9 Å². The van der Waals surface area contributed by atoms with Gasteiger partial charge >= 0.3 is 0 Å². The fourth-order valence-electron chi connectivity index (χ4n) is 4.52. The van der Waals surface area contributed by atoms with Crippen molar-refractivity contribution < 1.29 is 19.1 Å². The summed E-state index contributed by atoms with van der Waals surface area (Å²) in [6.45, 7) is 4.32. The molecule has 2 amide bonds. The first-order valence-electron chi connectivity index (χ1n) is 14.2. The third kappa shape index (κ3) is 8.78. The molecule has 5 rings (SSSR count). The molecule has 0 radical (unpaired) electrons. The van der Waals surface area contributed by atoms with E-state index in [1.807, 2.05) is 36.1 Å². The van der Waals surface area contributed by atoms with E-state index in [-0.39, 0.29) is 17.9 Å². The highest BCUT2D eigenvalue weighted by atomic mass is 35.5. The van der Waals surface area contributed by atoms with Crippen molar-refractivity contribution >= 4 is 40.8 Å². The zero-order valence-electron chi connectivity index (χ0n) is 23.2. The van der Waals surface area contributed by atoms with E-state index in [0.29, 0.717) is 33.9 Å². The van der Waals surface area contributed by atoms with Gasteiger partial charge in [0.05, 0.1) is 16.5 Å². The van der Waals surface area contributed by atoms with Crippen molar-refractivity contribution in [1.82, 2.24) is 20.2 Å². The number of amides is 2. The third-order valence-corrected chi connectivity index (χ3v) is 8.19. The number of unbranched alkanes of at least 4 members (excludes halogenated alkanes) is 1. The van der Waals surface area contributed by atoms with Crippen LogP contribution in [0.15, 0.2) is 48.8 Å². The van der Waals surface area contributed by atoms with Gasteiger partial charge in [0.15, 0.2) is 0 Å². The van der Waals surface area contributed by atoms with Crippen LogP contribution < -0.4 is 14.8 Å². The summed E-state index contributed by atoms with van der Waals surface area (Å²) >= 11 is 7.78. The highest BCUT2D eigenvalue weighted by molar-refractivity contribution is 7.14. The molecular weight excluding hydrogens is 560 g/mol. The van der Waals surface area contributed by atoms with Gasteiger partial charge in [-0.2, -0.15) is 0 Å². The Balaban J connectivity index is 1.06. The molecule has 2 aliphatic rings. The van der Waals surface area contributed by atoms with Gasteiger partial charge in [-0.05, 0) is 81.7 Å². The first-order valence-corrected chi connectivity index (χ1v) is 15.4. The van der Waals surface area contributed by atoms with Crippen molar-refractivity contribution in [1.29, 1.82) is 0 Å². The number of hydrogen-bond acceptors (Lipinski definition) is 7. The van der Waals surface area contributed by atoms with Crippen LogP contribution in [0.4, 0.5) is 0 Å². The number of nitrogens with one attached hydrogen (secondary N) is 1. The van der Waals surface area contributed by atoms with Crippen LogP contribution in [0.25, 0.3) is 6.08 Å². The normalized spacial score (nSPS) is 15.9. The van der Waals surface area contributed by atoms with Crippen LogP contribution in [0.5, 0.6) is 16.7 Å². The van der Waals surface area contributed by atoms with Crippen molar-refractivity contribution in [3.63, 3.8) is 0 Å². The molecule has 1 N–H and O–H groups in total. The predicted molar refractivity (Wildman–Crippen MR) is 161 cm³/mol. The number of pyridine rings is 1. The highest BCUT2D eigenvalue weighted by Gasteiger charge is 2.22. The summed E-state index contributed by atoms with van der Waals surface area (Å²) in [4.78, 5) is 36.2. The van der Waals surface area contributed by atoms with Crippen LogP contribution >= 0.6 is 22.9 Å². The number of rotatable bonds is 14. The Labute approximate surface area is 249 Å². The number of carbonyl (C=O) groups is 2. The number of carbonyl (C=O) groups excluding carboxylic acids is 2. The molecule has 8 nitrogen and oxygen atoms in total. The number of hydrogen-bond donors (Lipinski definition) is 1. The lowest BCUT2D eigenvalue weighted by molar-refractivity contribution is -0.127. The zero-order valence-corrected chi connectivity index (χ0v) is 24.8. The van der Waals surface area contributed by atoms with E-state index in [1.165, 1.54) is 24.2 Å². The third-order valence-electron chi connectivity index (χ3n) is 7.05. The number of aryl methyl sites for hydroxylation is 1. The van der Waals surface area contributed by atoms with Gasteiger partial charge < -0.3 is 19.7 Å². The molecule has 2 aromatic heterocycles. The van der Waals surface area contributed by atoms with E-state index >= 15 is 0 Å². The topological polar surface area (TPSA) is 93.7 Å². The quantitative estimate of drug-likeness (QED) is 0.213. The Kier molecular flexibility index (Phi) is 9.90. The monoisotopic (exact) mass is 594 g/mol. The summed E-state index contributed by atoms with van der Waals surface area (Å²) in [7, 11) is 0. The van der Waals surface area contributed by atoms with Gasteiger partial charge in [0, 0.05) is 55.3 Å². The van der Waals surface area contributed by atoms with Crippen LogP contribution in [0.3, 0.4) is 0 Å². The first kappa shape index (κ1) is 29.1. The van der Waals surface area contributed by atoms with Crippen LogP contribution in [-0.4, -0.2) is 52.4 Å². The largest absolute Gasteiger partial charge is 0.493 e. The summed E-state index contributed by atoms with van der Waals surface area (Å²) in [5.74, 6) is 2.04. The minimum atomic E-state index is -0.193. The molecule has 0 bridgehead atoms. The molecule has 0 spiro atoms. The molecule has 1 saturated carbocycles. The maximum absolute atomic E-state index is 12.8. The van der Waals surface area contributed by atoms with Gasteiger partial charge in [-0.1, -0.05) is 29.0 Å². The van der Waals surface area contributed by atoms with E-state index in [4.69, 9.17) is 21.1 Å². The summed E-state index contributed by atoms with van der Waals surface area (Å²) < 4.78 is 11.7. The molecule has 3 aromatic rings. The smallest absolute Gasteiger partial charge is 0.279 e. The van der Waals surface area contributed by atoms with Gasteiger partial charge in [0.25, 0.3) is 11.1 Å². The van der Waals surface area contributed by atoms with Crippen LogP contribution in [0.2, 0.25) is 5.02 Å². The number of ether oxygens (including phenoxy) is 2.